The molecule has 0 unspecified atom stereocenters. The van der Waals surface area contributed by atoms with Crippen LogP contribution in [0.3, 0.4) is 0 Å². The first-order valence-electron chi connectivity index (χ1n) is 9.99. The van der Waals surface area contributed by atoms with Crippen LogP contribution in [0.5, 0.6) is 0 Å². The zero-order valence-corrected chi connectivity index (χ0v) is 21.2. The number of nitrogens with zero attached hydrogens (tertiary/aromatic N) is 1. The molecule has 0 aliphatic rings. The molecule has 0 aromatic heterocycles. The van der Waals surface area contributed by atoms with E-state index in [0.717, 1.165) is 21.2 Å². The van der Waals surface area contributed by atoms with Gasteiger partial charge in [-0.25, -0.2) is 8.42 Å². The molecule has 0 aliphatic carbocycles. The Balaban J connectivity index is 1.88. The zero-order chi connectivity index (χ0) is 23.5. The molecule has 0 radical (unpaired) electrons. The van der Waals surface area contributed by atoms with Gasteiger partial charge in [-0.3, -0.25) is 9.10 Å². The van der Waals surface area contributed by atoms with E-state index in [4.69, 9.17) is 11.6 Å². The number of hydrogen-bond acceptors (Lipinski definition) is 3. The van der Waals surface area contributed by atoms with Gasteiger partial charge in [-0.2, -0.15) is 0 Å². The Hall–Kier alpha value is -2.35. The molecule has 0 aliphatic heterocycles. The van der Waals surface area contributed by atoms with Gasteiger partial charge in [0, 0.05) is 28.1 Å². The van der Waals surface area contributed by atoms with E-state index in [2.05, 4.69) is 21.2 Å². The summed E-state index contributed by atoms with van der Waals surface area (Å²) in [6, 6.07) is 17.1. The van der Waals surface area contributed by atoms with Gasteiger partial charge in [0.15, 0.2) is 0 Å². The first-order valence-corrected chi connectivity index (χ1v) is 12.6. The SMILES string of the molecule is Cc1cc(C)cc(N(CCC(=O)Nc2ccc(Br)c(C)c2)S(=O)(=O)c2ccc(Cl)cc2)c1. The lowest BCUT2D eigenvalue weighted by Gasteiger charge is -2.25. The van der Waals surface area contributed by atoms with Gasteiger partial charge in [-0.1, -0.05) is 33.6 Å². The summed E-state index contributed by atoms with van der Waals surface area (Å²) in [5.41, 5.74) is 4.04. The fourth-order valence-corrected chi connectivity index (χ4v) is 5.19. The molecule has 3 rings (SSSR count). The average molecular weight is 536 g/mol. The highest BCUT2D eigenvalue weighted by molar-refractivity contribution is 9.10. The molecule has 1 N–H and O–H groups in total. The smallest absolute Gasteiger partial charge is 0.264 e. The Labute approximate surface area is 202 Å². The van der Waals surface area contributed by atoms with Gasteiger partial charge in [-0.15, -0.1) is 0 Å². The molecule has 0 fully saturated rings. The van der Waals surface area contributed by atoms with Gasteiger partial charge in [-0.05, 0) is 92.1 Å². The molecule has 3 aromatic rings. The largest absolute Gasteiger partial charge is 0.326 e. The lowest BCUT2D eigenvalue weighted by atomic mass is 10.1. The summed E-state index contributed by atoms with van der Waals surface area (Å²) in [6.07, 6.45) is -0.00504. The Morgan fingerprint density at radius 3 is 2.19 bits per heavy atom. The number of sulfonamides is 1. The van der Waals surface area contributed by atoms with Gasteiger partial charge in [0.05, 0.1) is 10.6 Å². The van der Waals surface area contributed by atoms with E-state index in [-0.39, 0.29) is 23.8 Å². The van der Waals surface area contributed by atoms with E-state index in [9.17, 15) is 13.2 Å². The van der Waals surface area contributed by atoms with Crippen LogP contribution in [0.1, 0.15) is 23.1 Å². The van der Waals surface area contributed by atoms with E-state index in [1.807, 2.05) is 39.0 Å². The molecule has 1 amide bonds. The fourth-order valence-electron chi connectivity index (χ4n) is 3.37. The molecule has 0 bridgehead atoms. The molecule has 5 nitrogen and oxygen atoms in total. The standard InChI is InChI=1S/C24H24BrClN2O3S/c1-16-12-17(2)14-21(13-16)28(32(30,31)22-7-4-19(26)5-8-22)11-10-24(29)27-20-6-9-23(25)18(3)15-20/h4-9,12-15H,10-11H2,1-3H3,(H,27,29). The fraction of sp³-hybridized carbons (Fsp3) is 0.208. The van der Waals surface area contributed by atoms with E-state index in [1.54, 1.807) is 18.2 Å². The normalized spacial score (nSPS) is 11.3. The van der Waals surface area contributed by atoms with E-state index < -0.39 is 10.0 Å². The second-order valence-electron chi connectivity index (χ2n) is 7.64. The molecule has 3 aromatic carbocycles. The highest BCUT2D eigenvalue weighted by atomic mass is 79.9. The number of carbonyl (C=O) groups is 1. The zero-order valence-electron chi connectivity index (χ0n) is 18.0. The predicted octanol–water partition coefficient (Wildman–Crippen LogP) is 6.25. The maximum absolute atomic E-state index is 13.5. The van der Waals surface area contributed by atoms with Crippen LogP contribution in [0.4, 0.5) is 11.4 Å². The van der Waals surface area contributed by atoms with Crippen LogP contribution in [-0.2, 0) is 14.8 Å². The number of carbonyl (C=O) groups excluding carboxylic acids is 1. The molecule has 8 heteroatoms. The number of nitrogens with one attached hydrogen (secondary N) is 1. The Bertz CT molecular complexity index is 1220. The molecule has 0 heterocycles. The molecular formula is C24H24BrClN2O3S. The van der Waals surface area contributed by atoms with Crippen LogP contribution >= 0.6 is 27.5 Å². The number of halogens is 2. The van der Waals surface area contributed by atoms with Crippen molar-refractivity contribution in [3.05, 3.63) is 86.8 Å². The average Bonchev–Trinajstić information content (AvgIpc) is 2.70. The summed E-state index contributed by atoms with van der Waals surface area (Å²) in [5.74, 6) is -0.271. The quantitative estimate of drug-likeness (QED) is 0.389. The minimum atomic E-state index is -3.90. The topological polar surface area (TPSA) is 66.5 Å². The predicted molar refractivity (Wildman–Crippen MR) is 134 cm³/mol. The third-order valence-corrected chi connectivity index (χ3v) is 7.86. The van der Waals surface area contributed by atoms with Crippen molar-refractivity contribution in [1.82, 2.24) is 0 Å². The first-order chi connectivity index (χ1) is 15.1. The van der Waals surface area contributed by atoms with Crippen molar-refractivity contribution in [2.75, 3.05) is 16.2 Å². The Kier molecular flexibility index (Phi) is 7.64. The maximum atomic E-state index is 13.5. The highest BCUT2D eigenvalue weighted by Crippen LogP contribution is 2.27. The Morgan fingerprint density at radius 2 is 1.59 bits per heavy atom. The van der Waals surface area contributed by atoms with Crippen molar-refractivity contribution in [3.8, 4) is 0 Å². The summed E-state index contributed by atoms with van der Waals surface area (Å²) >= 11 is 9.37. The summed E-state index contributed by atoms with van der Waals surface area (Å²) in [7, 11) is -3.90. The maximum Gasteiger partial charge on any atom is 0.264 e. The summed E-state index contributed by atoms with van der Waals surface area (Å²) in [4.78, 5) is 12.7. The molecule has 0 atom stereocenters. The second kappa shape index (κ2) is 10.1. The third-order valence-electron chi connectivity index (χ3n) is 4.88. The third kappa shape index (κ3) is 5.91. The molecule has 0 saturated heterocycles. The van der Waals surface area contributed by atoms with Crippen LogP contribution in [0.2, 0.25) is 5.02 Å². The molecular weight excluding hydrogens is 512 g/mol. The number of hydrogen-bond donors (Lipinski definition) is 1. The number of amides is 1. The summed E-state index contributed by atoms with van der Waals surface area (Å²) in [6.45, 7) is 5.74. The number of aryl methyl sites for hydroxylation is 3. The molecule has 168 valence electrons. The molecule has 32 heavy (non-hydrogen) atoms. The van der Waals surface area contributed by atoms with Crippen molar-refractivity contribution in [2.24, 2.45) is 0 Å². The monoisotopic (exact) mass is 534 g/mol. The van der Waals surface area contributed by atoms with Gasteiger partial charge < -0.3 is 5.32 Å². The lowest BCUT2D eigenvalue weighted by Crippen LogP contribution is -2.34. The molecule has 0 spiro atoms. The minimum absolute atomic E-state index is 0.00477. The van der Waals surface area contributed by atoms with Gasteiger partial charge >= 0.3 is 0 Å². The highest BCUT2D eigenvalue weighted by Gasteiger charge is 2.26. The first kappa shape index (κ1) is 24.3. The van der Waals surface area contributed by atoms with Crippen LogP contribution in [0.25, 0.3) is 0 Å². The van der Waals surface area contributed by atoms with Gasteiger partial charge in [0.2, 0.25) is 5.91 Å². The van der Waals surface area contributed by atoms with Gasteiger partial charge in [0.1, 0.15) is 0 Å². The van der Waals surface area contributed by atoms with E-state index in [1.165, 1.54) is 28.6 Å². The van der Waals surface area contributed by atoms with Crippen LogP contribution in [0.15, 0.2) is 70.0 Å². The van der Waals surface area contributed by atoms with Crippen LogP contribution in [-0.4, -0.2) is 20.9 Å². The molecule has 0 saturated carbocycles. The van der Waals surface area contributed by atoms with Crippen molar-refractivity contribution in [1.29, 1.82) is 0 Å². The minimum Gasteiger partial charge on any atom is -0.326 e. The summed E-state index contributed by atoms with van der Waals surface area (Å²) < 4.78 is 29.2. The van der Waals surface area contributed by atoms with E-state index in [0.29, 0.717) is 16.4 Å². The lowest BCUT2D eigenvalue weighted by molar-refractivity contribution is -0.116. The Morgan fingerprint density at radius 1 is 0.969 bits per heavy atom. The van der Waals surface area contributed by atoms with Gasteiger partial charge in [0.25, 0.3) is 10.0 Å². The van der Waals surface area contributed by atoms with E-state index >= 15 is 0 Å². The number of benzene rings is 3. The summed E-state index contributed by atoms with van der Waals surface area (Å²) in [5, 5.41) is 3.29. The van der Waals surface area contributed by atoms with Crippen molar-refractivity contribution < 1.29 is 13.2 Å². The van der Waals surface area contributed by atoms with Crippen molar-refractivity contribution in [3.63, 3.8) is 0 Å². The van der Waals surface area contributed by atoms with Crippen molar-refractivity contribution in [2.45, 2.75) is 32.1 Å². The van der Waals surface area contributed by atoms with Crippen LogP contribution in [0, 0.1) is 20.8 Å². The number of anilines is 2. The number of rotatable bonds is 7. The van der Waals surface area contributed by atoms with Crippen molar-refractivity contribution >= 4 is 54.8 Å². The second-order valence-corrected chi connectivity index (χ2v) is 10.8. The van der Waals surface area contributed by atoms with Crippen LogP contribution < -0.4 is 9.62 Å².